The Labute approximate surface area is 233 Å². The molecule has 210 valence electrons. The third-order valence-corrected chi connectivity index (χ3v) is 8.71. The molecule has 2 aromatic carbocycles. The van der Waals surface area contributed by atoms with E-state index in [2.05, 4.69) is 20.9 Å². The molecule has 2 fully saturated rings. The molecular weight excluding hydrogens is 522 g/mol. The van der Waals surface area contributed by atoms with Gasteiger partial charge in [-0.15, -0.1) is 0 Å². The molecule has 0 radical (unpaired) electrons. The van der Waals surface area contributed by atoms with E-state index in [1.54, 1.807) is 24.3 Å². The monoisotopic (exact) mass is 558 g/mol. The van der Waals surface area contributed by atoms with E-state index in [9.17, 15) is 9.59 Å². The first-order valence-electron chi connectivity index (χ1n) is 13.8. The van der Waals surface area contributed by atoms with Crippen molar-refractivity contribution in [3.63, 3.8) is 0 Å². The van der Waals surface area contributed by atoms with Crippen LogP contribution >= 0.6 is 11.6 Å². The van der Waals surface area contributed by atoms with Crippen molar-refractivity contribution in [2.24, 2.45) is 5.41 Å². The number of hydrogen-bond donors (Lipinski definition) is 3. The lowest BCUT2D eigenvalue weighted by molar-refractivity contribution is -0.124. The molecule has 3 aliphatic rings. The fraction of sp³-hybridized carbons (Fsp3) is 0.533. The number of amides is 2. The molecular formula is C30H37ClF2N4O2. The van der Waals surface area contributed by atoms with E-state index in [0.29, 0.717) is 18.5 Å². The first kappa shape index (κ1) is 28.0. The standard InChI is InChI=1S/C30H37ClF2N4O2/c1-29(2,3)17-22-30(19-10-8-12-21(32)25(19)36-28(30)39)23(18-9-7-11-20(31)24(18)33)26(35-22)27(38)34-13-16-37-14-5-4-6-15-37/h7-12,22-23,26,35H,4-6,13-17H2,1-3H3,(H,34,38)(H,36,39). The van der Waals surface area contributed by atoms with E-state index in [1.807, 2.05) is 20.8 Å². The molecule has 0 aliphatic carbocycles. The molecule has 2 aromatic rings. The van der Waals surface area contributed by atoms with Gasteiger partial charge in [0.15, 0.2) is 0 Å². The topological polar surface area (TPSA) is 73.5 Å². The van der Waals surface area contributed by atoms with Crippen LogP contribution in [0.25, 0.3) is 0 Å². The van der Waals surface area contributed by atoms with Crippen LogP contribution in [0.5, 0.6) is 0 Å². The highest BCUT2D eigenvalue weighted by molar-refractivity contribution is 6.30. The van der Waals surface area contributed by atoms with Gasteiger partial charge in [-0.25, -0.2) is 8.78 Å². The van der Waals surface area contributed by atoms with Crippen molar-refractivity contribution in [3.8, 4) is 0 Å². The van der Waals surface area contributed by atoms with Gasteiger partial charge in [-0.3, -0.25) is 9.59 Å². The van der Waals surface area contributed by atoms with Crippen molar-refractivity contribution in [3.05, 3.63) is 64.2 Å². The fourth-order valence-electron chi connectivity index (χ4n) is 6.79. The Hall–Kier alpha value is -2.55. The highest BCUT2D eigenvalue weighted by atomic mass is 35.5. The first-order valence-corrected chi connectivity index (χ1v) is 14.2. The minimum Gasteiger partial charge on any atom is -0.353 e. The smallest absolute Gasteiger partial charge is 0.237 e. The predicted octanol–water partition coefficient (Wildman–Crippen LogP) is 4.97. The van der Waals surface area contributed by atoms with Gasteiger partial charge >= 0.3 is 0 Å². The van der Waals surface area contributed by atoms with Crippen molar-refractivity contribution in [1.29, 1.82) is 0 Å². The molecule has 2 saturated heterocycles. The molecule has 0 aromatic heterocycles. The molecule has 9 heteroatoms. The van der Waals surface area contributed by atoms with Crippen LogP contribution in [0, 0.1) is 17.0 Å². The Bertz CT molecular complexity index is 1260. The van der Waals surface area contributed by atoms with Crippen molar-refractivity contribution >= 4 is 29.1 Å². The molecule has 2 amide bonds. The van der Waals surface area contributed by atoms with Crippen LogP contribution in [-0.2, 0) is 15.0 Å². The molecule has 4 unspecified atom stereocenters. The summed E-state index contributed by atoms with van der Waals surface area (Å²) in [6, 6.07) is 7.69. The molecule has 3 heterocycles. The van der Waals surface area contributed by atoms with Crippen molar-refractivity contribution in [2.75, 3.05) is 31.5 Å². The quantitative estimate of drug-likeness (QED) is 0.468. The lowest BCUT2D eigenvalue weighted by atomic mass is 9.62. The van der Waals surface area contributed by atoms with E-state index in [-0.39, 0.29) is 27.6 Å². The zero-order valence-corrected chi connectivity index (χ0v) is 23.5. The van der Waals surface area contributed by atoms with Crippen LogP contribution in [0.3, 0.4) is 0 Å². The number of piperidine rings is 1. The maximum absolute atomic E-state index is 15.8. The molecule has 0 bridgehead atoms. The minimum atomic E-state index is -1.43. The molecule has 1 spiro atoms. The largest absolute Gasteiger partial charge is 0.353 e. The Balaban J connectivity index is 1.60. The SMILES string of the molecule is CC(C)(C)CC1NC(C(=O)NCCN2CCCCC2)C(c2cccc(Cl)c2F)C12C(=O)Nc1c(F)cccc12. The van der Waals surface area contributed by atoms with Crippen LogP contribution in [-0.4, -0.2) is 55.0 Å². The van der Waals surface area contributed by atoms with Gasteiger partial charge < -0.3 is 20.9 Å². The van der Waals surface area contributed by atoms with Gasteiger partial charge in [0, 0.05) is 25.0 Å². The summed E-state index contributed by atoms with van der Waals surface area (Å²) in [5, 5.41) is 9.13. The van der Waals surface area contributed by atoms with Gasteiger partial charge in [-0.2, -0.15) is 0 Å². The van der Waals surface area contributed by atoms with Crippen LogP contribution < -0.4 is 16.0 Å². The maximum Gasteiger partial charge on any atom is 0.237 e. The third kappa shape index (κ3) is 5.07. The van der Waals surface area contributed by atoms with Gasteiger partial charge in [-0.05, 0) is 61.0 Å². The Morgan fingerprint density at radius 2 is 1.85 bits per heavy atom. The van der Waals surface area contributed by atoms with Crippen LogP contribution in [0.4, 0.5) is 14.5 Å². The first-order chi connectivity index (χ1) is 18.5. The zero-order valence-electron chi connectivity index (χ0n) is 22.8. The Kier molecular flexibility index (Phi) is 7.74. The minimum absolute atomic E-state index is 0.0850. The highest BCUT2D eigenvalue weighted by Crippen LogP contribution is 2.57. The normalized spacial score (nSPS) is 27.0. The Morgan fingerprint density at radius 1 is 1.13 bits per heavy atom. The zero-order chi connectivity index (χ0) is 27.9. The molecule has 4 atom stereocenters. The molecule has 39 heavy (non-hydrogen) atoms. The third-order valence-electron chi connectivity index (χ3n) is 8.42. The lowest BCUT2D eigenvalue weighted by Gasteiger charge is -2.37. The summed E-state index contributed by atoms with van der Waals surface area (Å²) in [4.78, 5) is 30.2. The Morgan fingerprint density at radius 3 is 2.56 bits per heavy atom. The number of anilines is 1. The number of nitrogens with zero attached hydrogens (tertiary/aromatic N) is 1. The number of likely N-dealkylation sites (tertiary alicyclic amines) is 1. The second-order valence-corrected chi connectivity index (χ2v) is 12.7. The number of nitrogens with one attached hydrogen (secondary N) is 3. The average molecular weight is 559 g/mol. The van der Waals surface area contributed by atoms with Crippen LogP contribution in [0.15, 0.2) is 36.4 Å². The predicted molar refractivity (Wildman–Crippen MR) is 149 cm³/mol. The molecule has 3 N–H and O–H groups in total. The number of halogens is 3. The molecule has 3 aliphatic heterocycles. The number of rotatable bonds is 6. The summed E-state index contributed by atoms with van der Waals surface area (Å²) < 4.78 is 30.8. The maximum atomic E-state index is 15.8. The van der Waals surface area contributed by atoms with E-state index in [1.165, 1.54) is 18.6 Å². The number of benzene rings is 2. The van der Waals surface area contributed by atoms with Gasteiger partial charge in [0.05, 0.1) is 16.8 Å². The number of para-hydroxylation sites is 1. The summed E-state index contributed by atoms with van der Waals surface area (Å²) in [6.07, 6.45) is 4.02. The van der Waals surface area contributed by atoms with Gasteiger partial charge in [-0.1, -0.05) is 63.1 Å². The van der Waals surface area contributed by atoms with Gasteiger partial charge in [0.1, 0.15) is 17.0 Å². The van der Waals surface area contributed by atoms with Crippen molar-refractivity contribution < 1.29 is 18.4 Å². The number of fused-ring (bicyclic) bond motifs is 2. The summed E-state index contributed by atoms with van der Waals surface area (Å²) in [5.74, 6) is -2.96. The highest BCUT2D eigenvalue weighted by Gasteiger charge is 2.66. The molecule has 5 rings (SSSR count). The molecule has 0 saturated carbocycles. The fourth-order valence-corrected chi connectivity index (χ4v) is 6.97. The summed E-state index contributed by atoms with van der Waals surface area (Å²) in [6.45, 7) is 9.31. The van der Waals surface area contributed by atoms with E-state index < -0.39 is 41.0 Å². The van der Waals surface area contributed by atoms with Gasteiger partial charge in [0.25, 0.3) is 0 Å². The van der Waals surface area contributed by atoms with E-state index >= 15 is 8.78 Å². The van der Waals surface area contributed by atoms with Crippen LogP contribution in [0.2, 0.25) is 5.02 Å². The summed E-state index contributed by atoms with van der Waals surface area (Å²) in [5.41, 5.74) is -0.998. The number of carbonyl (C=O) groups is 2. The summed E-state index contributed by atoms with van der Waals surface area (Å²) in [7, 11) is 0. The van der Waals surface area contributed by atoms with Crippen molar-refractivity contribution in [1.82, 2.24) is 15.5 Å². The molecule has 6 nitrogen and oxygen atoms in total. The van der Waals surface area contributed by atoms with E-state index in [0.717, 1.165) is 32.5 Å². The second-order valence-electron chi connectivity index (χ2n) is 12.3. The average Bonchev–Trinajstić information content (AvgIpc) is 3.37. The van der Waals surface area contributed by atoms with E-state index in [4.69, 9.17) is 11.6 Å². The second kappa shape index (κ2) is 10.8. The van der Waals surface area contributed by atoms with Gasteiger partial charge in [0.2, 0.25) is 11.8 Å². The summed E-state index contributed by atoms with van der Waals surface area (Å²) >= 11 is 6.23. The van der Waals surface area contributed by atoms with Crippen LogP contribution in [0.1, 0.15) is 63.5 Å². The number of carbonyl (C=O) groups excluding carboxylic acids is 2. The number of hydrogen-bond acceptors (Lipinski definition) is 4. The lowest BCUT2D eigenvalue weighted by Crippen LogP contribution is -2.49. The van der Waals surface area contributed by atoms with Crippen molar-refractivity contribution in [2.45, 2.75) is 69.9 Å².